The Kier molecular flexibility index (Phi) is 7.91. The lowest BCUT2D eigenvalue weighted by Gasteiger charge is -2.37. The number of hydrogen-bond donors (Lipinski definition) is 1. The van der Waals surface area contributed by atoms with Gasteiger partial charge in [-0.3, -0.25) is 4.79 Å². The highest BCUT2D eigenvalue weighted by Crippen LogP contribution is 2.13. The summed E-state index contributed by atoms with van der Waals surface area (Å²) in [7, 11) is 0. The van der Waals surface area contributed by atoms with Crippen molar-refractivity contribution >= 4 is 12.0 Å². The molecule has 0 aromatic heterocycles. The molecule has 2 amide bonds. The first-order chi connectivity index (χ1) is 12.5. The smallest absolute Gasteiger partial charge is 0.408 e. The molecule has 1 fully saturated rings. The minimum Gasteiger partial charge on any atom is -0.445 e. The van der Waals surface area contributed by atoms with Gasteiger partial charge < -0.3 is 19.9 Å². The maximum Gasteiger partial charge on any atom is 0.408 e. The zero-order chi connectivity index (χ0) is 18.9. The van der Waals surface area contributed by atoms with Gasteiger partial charge in [0.05, 0.1) is 0 Å². The second-order valence-electron chi connectivity index (χ2n) is 6.83. The van der Waals surface area contributed by atoms with Crippen molar-refractivity contribution in [1.29, 1.82) is 0 Å². The average Bonchev–Trinajstić information content (AvgIpc) is 2.70. The first-order valence-corrected chi connectivity index (χ1v) is 9.53. The third-order valence-corrected chi connectivity index (χ3v) is 5.10. The maximum atomic E-state index is 12.9. The Labute approximate surface area is 156 Å². The number of rotatable bonds is 7. The summed E-state index contributed by atoms with van der Waals surface area (Å²) in [5.41, 5.74) is 0.921. The normalized spacial score (nSPS) is 17.4. The third kappa shape index (κ3) is 5.73. The molecule has 0 spiro atoms. The zero-order valence-corrected chi connectivity index (χ0v) is 16.1. The SMILES string of the molecule is CC[C@H](C)[C@H](NC(=O)OCc1ccccc1)C(=O)N1CCN(CC)CC1. The topological polar surface area (TPSA) is 61.9 Å². The van der Waals surface area contributed by atoms with Crippen molar-refractivity contribution in [3.63, 3.8) is 0 Å². The summed E-state index contributed by atoms with van der Waals surface area (Å²) < 4.78 is 5.30. The van der Waals surface area contributed by atoms with Crippen LogP contribution in [0.25, 0.3) is 0 Å². The Morgan fingerprint density at radius 1 is 1.12 bits per heavy atom. The van der Waals surface area contributed by atoms with Crippen LogP contribution in [0.5, 0.6) is 0 Å². The van der Waals surface area contributed by atoms with E-state index in [2.05, 4.69) is 17.1 Å². The van der Waals surface area contributed by atoms with Gasteiger partial charge in [0.15, 0.2) is 0 Å². The lowest BCUT2D eigenvalue weighted by Crippen LogP contribution is -2.56. The van der Waals surface area contributed by atoms with Crippen LogP contribution in [0.1, 0.15) is 32.8 Å². The van der Waals surface area contributed by atoms with Crippen LogP contribution in [0, 0.1) is 5.92 Å². The van der Waals surface area contributed by atoms with Crippen LogP contribution in [0.3, 0.4) is 0 Å². The number of amides is 2. The van der Waals surface area contributed by atoms with Gasteiger partial charge in [0.25, 0.3) is 0 Å². The van der Waals surface area contributed by atoms with E-state index in [1.165, 1.54) is 0 Å². The molecular formula is C20H31N3O3. The number of benzene rings is 1. The number of alkyl carbamates (subject to hydrolysis) is 1. The molecular weight excluding hydrogens is 330 g/mol. The lowest BCUT2D eigenvalue weighted by atomic mass is 9.97. The number of ether oxygens (including phenoxy) is 1. The van der Waals surface area contributed by atoms with Crippen LogP contribution < -0.4 is 5.32 Å². The van der Waals surface area contributed by atoms with Crippen LogP contribution >= 0.6 is 0 Å². The minimum atomic E-state index is -0.545. The predicted molar refractivity (Wildman–Crippen MR) is 102 cm³/mol. The molecule has 1 aromatic rings. The fourth-order valence-corrected chi connectivity index (χ4v) is 3.06. The molecule has 0 aliphatic carbocycles. The first-order valence-electron chi connectivity index (χ1n) is 9.53. The maximum absolute atomic E-state index is 12.9. The van der Waals surface area contributed by atoms with E-state index in [-0.39, 0.29) is 18.4 Å². The van der Waals surface area contributed by atoms with Crippen molar-refractivity contribution in [2.45, 2.75) is 39.8 Å². The Bertz CT molecular complexity index is 571. The lowest BCUT2D eigenvalue weighted by molar-refractivity contribution is -0.136. The van der Waals surface area contributed by atoms with E-state index in [9.17, 15) is 9.59 Å². The van der Waals surface area contributed by atoms with Gasteiger partial charge in [-0.1, -0.05) is 57.5 Å². The number of piperazine rings is 1. The highest BCUT2D eigenvalue weighted by molar-refractivity contribution is 5.86. The summed E-state index contributed by atoms with van der Waals surface area (Å²) in [4.78, 5) is 29.3. The second-order valence-corrected chi connectivity index (χ2v) is 6.83. The van der Waals surface area contributed by atoms with Crippen molar-refractivity contribution in [3.05, 3.63) is 35.9 Å². The number of carbonyl (C=O) groups excluding carboxylic acids is 2. The Balaban J connectivity index is 1.91. The standard InChI is InChI=1S/C20H31N3O3/c1-4-16(3)18(19(24)23-13-11-22(5-2)12-14-23)21-20(25)26-15-17-9-7-6-8-10-17/h6-10,16,18H,4-5,11-15H2,1-3H3,(H,21,25)/t16-,18-/m0/s1. The highest BCUT2D eigenvalue weighted by atomic mass is 16.5. The molecule has 26 heavy (non-hydrogen) atoms. The molecule has 1 saturated heterocycles. The van der Waals surface area contributed by atoms with Gasteiger partial charge in [0, 0.05) is 26.2 Å². The molecule has 144 valence electrons. The van der Waals surface area contributed by atoms with E-state index < -0.39 is 12.1 Å². The molecule has 2 rings (SSSR count). The van der Waals surface area contributed by atoms with Crippen molar-refractivity contribution in [2.75, 3.05) is 32.7 Å². The van der Waals surface area contributed by atoms with Gasteiger partial charge in [-0.25, -0.2) is 4.79 Å². The van der Waals surface area contributed by atoms with E-state index in [4.69, 9.17) is 4.74 Å². The van der Waals surface area contributed by atoms with Gasteiger partial charge in [0.2, 0.25) is 5.91 Å². The van der Waals surface area contributed by atoms with Gasteiger partial charge in [-0.2, -0.15) is 0 Å². The molecule has 1 aliphatic rings. The van der Waals surface area contributed by atoms with Crippen LogP contribution in [-0.2, 0) is 16.1 Å². The fourth-order valence-electron chi connectivity index (χ4n) is 3.06. The number of hydrogen-bond acceptors (Lipinski definition) is 4. The minimum absolute atomic E-state index is 0.00763. The predicted octanol–water partition coefficient (Wildman–Crippen LogP) is 2.49. The van der Waals surface area contributed by atoms with Gasteiger partial charge >= 0.3 is 6.09 Å². The average molecular weight is 361 g/mol. The van der Waals surface area contributed by atoms with E-state index in [1.807, 2.05) is 49.1 Å². The van der Waals surface area contributed by atoms with Crippen LogP contribution in [-0.4, -0.2) is 60.6 Å². The van der Waals surface area contributed by atoms with Crippen molar-refractivity contribution in [1.82, 2.24) is 15.1 Å². The molecule has 1 heterocycles. The van der Waals surface area contributed by atoms with Crippen LogP contribution in [0.2, 0.25) is 0 Å². The van der Waals surface area contributed by atoms with Crippen molar-refractivity contribution in [2.24, 2.45) is 5.92 Å². The fraction of sp³-hybridized carbons (Fsp3) is 0.600. The first kappa shape index (κ1) is 20.2. The molecule has 6 heteroatoms. The number of nitrogens with zero attached hydrogens (tertiary/aromatic N) is 2. The molecule has 1 N–H and O–H groups in total. The Morgan fingerprint density at radius 3 is 2.35 bits per heavy atom. The Hall–Kier alpha value is -2.08. The quantitative estimate of drug-likeness (QED) is 0.810. The summed E-state index contributed by atoms with van der Waals surface area (Å²) in [5, 5.41) is 2.79. The molecule has 0 radical (unpaired) electrons. The summed E-state index contributed by atoms with van der Waals surface area (Å²) >= 11 is 0. The highest BCUT2D eigenvalue weighted by Gasteiger charge is 2.31. The molecule has 0 saturated carbocycles. The van der Waals surface area contributed by atoms with E-state index in [0.717, 1.165) is 31.6 Å². The summed E-state index contributed by atoms with van der Waals surface area (Å²) in [6.07, 6.45) is 0.268. The third-order valence-electron chi connectivity index (χ3n) is 5.10. The molecule has 0 unspecified atom stereocenters. The molecule has 1 aliphatic heterocycles. The second kappa shape index (κ2) is 10.2. The summed E-state index contributed by atoms with van der Waals surface area (Å²) in [5.74, 6) is 0.0442. The van der Waals surface area contributed by atoms with Crippen molar-refractivity contribution in [3.8, 4) is 0 Å². The largest absolute Gasteiger partial charge is 0.445 e. The van der Waals surface area contributed by atoms with E-state index in [1.54, 1.807) is 0 Å². The molecule has 2 atom stereocenters. The van der Waals surface area contributed by atoms with Crippen molar-refractivity contribution < 1.29 is 14.3 Å². The number of nitrogens with one attached hydrogen (secondary N) is 1. The monoisotopic (exact) mass is 361 g/mol. The van der Waals surface area contributed by atoms with Crippen LogP contribution in [0.15, 0.2) is 30.3 Å². The summed E-state index contributed by atoms with van der Waals surface area (Å²) in [6.45, 7) is 10.5. The zero-order valence-electron chi connectivity index (χ0n) is 16.1. The molecule has 0 bridgehead atoms. The Morgan fingerprint density at radius 2 is 1.77 bits per heavy atom. The van der Waals surface area contributed by atoms with Gasteiger partial charge in [0.1, 0.15) is 12.6 Å². The van der Waals surface area contributed by atoms with Gasteiger partial charge in [-0.05, 0) is 18.0 Å². The molecule has 6 nitrogen and oxygen atoms in total. The van der Waals surface area contributed by atoms with Gasteiger partial charge in [-0.15, -0.1) is 0 Å². The van der Waals surface area contributed by atoms with E-state index in [0.29, 0.717) is 13.1 Å². The van der Waals surface area contributed by atoms with E-state index >= 15 is 0 Å². The molecule has 1 aromatic carbocycles. The number of carbonyl (C=O) groups is 2. The summed E-state index contributed by atoms with van der Waals surface area (Å²) in [6, 6.07) is 8.97. The van der Waals surface area contributed by atoms with Crippen LogP contribution in [0.4, 0.5) is 4.79 Å². The number of likely N-dealkylation sites (N-methyl/N-ethyl adjacent to an activating group) is 1.